The van der Waals surface area contributed by atoms with Crippen LogP contribution in [0.4, 0.5) is 0 Å². The number of aliphatic hydroxyl groups excluding tert-OH is 1. The molecule has 3 heterocycles. The molecule has 1 unspecified atom stereocenters. The number of nitrogens with one attached hydrogen (secondary N) is 1. The number of aryl methyl sites for hydroxylation is 1. The Balaban J connectivity index is 1.84. The number of allylic oxidation sites excluding steroid dienone is 2. The number of hydrogen-bond acceptors (Lipinski definition) is 4. The second-order valence-corrected chi connectivity index (χ2v) is 8.74. The van der Waals surface area contributed by atoms with Gasteiger partial charge < -0.3 is 15.1 Å². The molecule has 2 aromatic carbocycles. The Labute approximate surface area is 204 Å². The van der Waals surface area contributed by atoms with Crippen molar-refractivity contribution in [1.29, 1.82) is 5.41 Å². The molecule has 0 spiro atoms. The van der Waals surface area contributed by atoms with Crippen molar-refractivity contribution in [2.24, 2.45) is 7.05 Å². The van der Waals surface area contributed by atoms with Crippen LogP contribution >= 0.6 is 0 Å². The molecule has 0 fully saturated rings. The van der Waals surface area contributed by atoms with Gasteiger partial charge in [0.2, 0.25) is 0 Å². The molecule has 3 aromatic heterocycles. The van der Waals surface area contributed by atoms with E-state index in [-0.39, 0.29) is 11.8 Å². The predicted octanol–water partition coefficient (Wildman–Crippen LogP) is 6.40. The monoisotopic (exact) mass is 461 g/mol. The fourth-order valence-electron chi connectivity index (χ4n) is 4.75. The summed E-state index contributed by atoms with van der Waals surface area (Å²) in [6.07, 6.45) is 7.86. The summed E-state index contributed by atoms with van der Waals surface area (Å²) in [6, 6.07) is 22.2. The molecule has 5 aromatic rings. The first kappa shape index (κ1) is 22.3. The van der Waals surface area contributed by atoms with Crippen molar-refractivity contribution in [3.63, 3.8) is 0 Å². The molecule has 1 atom stereocenters. The SMILES string of the molecule is CC(=N)/C(=C(/C)O)c1ccc2c(-c3cnn(C)c3)cn(C(c3ccccc3)c3ccccn3)c2c1. The lowest BCUT2D eigenvalue weighted by molar-refractivity contribution is 0.418. The van der Waals surface area contributed by atoms with E-state index >= 15 is 0 Å². The molecule has 0 saturated heterocycles. The second kappa shape index (κ2) is 9.06. The molecule has 0 aliphatic carbocycles. The lowest BCUT2D eigenvalue weighted by Gasteiger charge is -2.21. The first-order valence-corrected chi connectivity index (χ1v) is 11.5. The van der Waals surface area contributed by atoms with Gasteiger partial charge in [0.1, 0.15) is 6.04 Å². The topological polar surface area (TPSA) is 79.7 Å². The molecule has 5 rings (SSSR count). The number of rotatable bonds is 6. The number of hydrogen-bond donors (Lipinski definition) is 2. The van der Waals surface area contributed by atoms with Gasteiger partial charge in [-0.1, -0.05) is 48.5 Å². The molecule has 0 radical (unpaired) electrons. The quantitative estimate of drug-likeness (QED) is 0.227. The third kappa shape index (κ3) is 4.15. The van der Waals surface area contributed by atoms with E-state index in [1.807, 2.05) is 68.1 Å². The van der Waals surface area contributed by atoms with Crippen molar-refractivity contribution in [2.45, 2.75) is 19.9 Å². The molecular formula is C29H27N5O. The summed E-state index contributed by atoms with van der Waals surface area (Å²) in [5, 5.41) is 24.0. The van der Waals surface area contributed by atoms with Crippen LogP contribution < -0.4 is 0 Å². The average molecular weight is 462 g/mol. The highest BCUT2D eigenvalue weighted by Crippen LogP contribution is 2.38. The number of nitrogens with zero attached hydrogens (tertiary/aromatic N) is 4. The lowest BCUT2D eigenvalue weighted by atomic mass is 9.98. The Morgan fingerprint density at radius 2 is 1.74 bits per heavy atom. The third-order valence-electron chi connectivity index (χ3n) is 6.24. The minimum absolute atomic E-state index is 0.131. The van der Waals surface area contributed by atoms with Crippen LogP contribution in [0.25, 0.3) is 27.6 Å². The van der Waals surface area contributed by atoms with Gasteiger partial charge in [-0.2, -0.15) is 5.10 Å². The summed E-state index contributed by atoms with van der Waals surface area (Å²) in [5.41, 5.74) is 6.77. The van der Waals surface area contributed by atoms with Crippen LogP contribution in [-0.2, 0) is 7.05 Å². The Bertz CT molecular complexity index is 1500. The molecule has 174 valence electrons. The predicted molar refractivity (Wildman–Crippen MR) is 141 cm³/mol. The fourth-order valence-corrected chi connectivity index (χ4v) is 4.75. The maximum atomic E-state index is 10.3. The van der Waals surface area contributed by atoms with Gasteiger partial charge in [0, 0.05) is 53.4 Å². The molecule has 6 nitrogen and oxygen atoms in total. The van der Waals surface area contributed by atoms with Gasteiger partial charge in [-0.15, -0.1) is 0 Å². The van der Waals surface area contributed by atoms with Crippen LogP contribution in [0, 0.1) is 5.41 Å². The van der Waals surface area contributed by atoms with E-state index in [1.165, 1.54) is 0 Å². The summed E-state index contributed by atoms with van der Waals surface area (Å²) in [6.45, 7) is 3.32. The van der Waals surface area contributed by atoms with Crippen molar-refractivity contribution in [1.82, 2.24) is 19.3 Å². The number of aliphatic hydroxyl groups is 1. The average Bonchev–Trinajstić information content (AvgIpc) is 3.44. The zero-order chi connectivity index (χ0) is 24.5. The van der Waals surface area contributed by atoms with E-state index < -0.39 is 0 Å². The van der Waals surface area contributed by atoms with E-state index in [0.717, 1.165) is 38.9 Å². The van der Waals surface area contributed by atoms with Crippen molar-refractivity contribution >= 4 is 22.2 Å². The molecule has 0 aliphatic heterocycles. The molecule has 0 bridgehead atoms. The van der Waals surface area contributed by atoms with Gasteiger partial charge in [-0.3, -0.25) is 9.67 Å². The Kier molecular flexibility index (Phi) is 5.79. The normalized spacial score (nSPS) is 13.0. The van der Waals surface area contributed by atoms with Crippen molar-refractivity contribution in [3.05, 3.63) is 114 Å². The minimum Gasteiger partial charge on any atom is -0.512 e. The standard InChI is InChI=1S/C29H27N5O/c1-19(30)28(20(2)35)22-12-13-24-25(23-16-32-33(3)17-23)18-34(27(24)15-22)29(21-9-5-4-6-10-21)26-11-7-8-14-31-26/h4-18,29-30,35H,1-3H3/b28-20+,30-19?. The van der Waals surface area contributed by atoms with Gasteiger partial charge in [-0.05, 0) is 43.2 Å². The molecule has 6 heteroatoms. The highest BCUT2D eigenvalue weighted by atomic mass is 16.3. The molecule has 0 amide bonds. The van der Waals surface area contributed by atoms with Gasteiger partial charge in [-0.25, -0.2) is 0 Å². The van der Waals surface area contributed by atoms with E-state index in [2.05, 4.69) is 40.1 Å². The summed E-state index contributed by atoms with van der Waals surface area (Å²) < 4.78 is 4.04. The van der Waals surface area contributed by atoms with Crippen molar-refractivity contribution in [3.8, 4) is 11.1 Å². The van der Waals surface area contributed by atoms with Crippen LogP contribution in [0.2, 0.25) is 0 Å². The van der Waals surface area contributed by atoms with Gasteiger partial charge in [0.05, 0.1) is 23.2 Å². The molecule has 0 saturated carbocycles. The Morgan fingerprint density at radius 1 is 0.971 bits per heavy atom. The maximum absolute atomic E-state index is 10.3. The van der Waals surface area contributed by atoms with Gasteiger partial charge in [0.25, 0.3) is 0 Å². The first-order valence-electron chi connectivity index (χ1n) is 11.5. The van der Waals surface area contributed by atoms with Gasteiger partial charge >= 0.3 is 0 Å². The van der Waals surface area contributed by atoms with E-state index in [0.29, 0.717) is 11.3 Å². The molecule has 2 N–H and O–H groups in total. The van der Waals surface area contributed by atoms with Crippen LogP contribution in [0.5, 0.6) is 0 Å². The molecule has 35 heavy (non-hydrogen) atoms. The van der Waals surface area contributed by atoms with E-state index in [1.54, 1.807) is 18.5 Å². The second-order valence-electron chi connectivity index (χ2n) is 8.74. The van der Waals surface area contributed by atoms with E-state index in [4.69, 9.17) is 10.4 Å². The largest absolute Gasteiger partial charge is 0.512 e. The lowest BCUT2D eigenvalue weighted by Crippen LogP contribution is -2.13. The van der Waals surface area contributed by atoms with Crippen LogP contribution in [0.3, 0.4) is 0 Å². The number of aromatic nitrogens is 4. The number of pyridine rings is 1. The van der Waals surface area contributed by atoms with Crippen molar-refractivity contribution in [2.75, 3.05) is 0 Å². The van der Waals surface area contributed by atoms with Crippen molar-refractivity contribution < 1.29 is 5.11 Å². The third-order valence-corrected chi connectivity index (χ3v) is 6.24. The highest BCUT2D eigenvalue weighted by Gasteiger charge is 2.23. The fraction of sp³-hybridized carbons (Fsp3) is 0.138. The zero-order valence-electron chi connectivity index (χ0n) is 20.0. The van der Waals surface area contributed by atoms with Gasteiger partial charge in [0.15, 0.2) is 0 Å². The van der Waals surface area contributed by atoms with Crippen LogP contribution in [0.15, 0.2) is 97.3 Å². The Morgan fingerprint density at radius 3 is 2.37 bits per heavy atom. The molecular weight excluding hydrogens is 434 g/mol. The smallest absolute Gasteiger partial charge is 0.101 e. The Hall–Kier alpha value is -4.45. The maximum Gasteiger partial charge on any atom is 0.101 e. The van der Waals surface area contributed by atoms with Crippen LogP contribution in [-0.4, -0.2) is 30.1 Å². The number of benzene rings is 2. The molecule has 0 aliphatic rings. The summed E-state index contributed by atoms with van der Waals surface area (Å²) in [4.78, 5) is 4.72. The minimum atomic E-state index is -0.163. The van der Waals surface area contributed by atoms with E-state index in [9.17, 15) is 5.11 Å². The first-order chi connectivity index (χ1) is 16.9. The number of fused-ring (bicyclic) bond motifs is 1. The summed E-state index contributed by atoms with van der Waals surface area (Å²) in [5.74, 6) is 0.131. The zero-order valence-corrected chi connectivity index (χ0v) is 20.0. The highest BCUT2D eigenvalue weighted by molar-refractivity contribution is 6.22. The van der Waals surface area contributed by atoms with Crippen LogP contribution in [0.1, 0.15) is 36.7 Å². The summed E-state index contributed by atoms with van der Waals surface area (Å²) >= 11 is 0. The summed E-state index contributed by atoms with van der Waals surface area (Å²) in [7, 11) is 1.91.